The molecule has 0 atom stereocenters. The molecule has 0 spiro atoms. The topological polar surface area (TPSA) is 0 Å². The molecule has 0 aliphatic carbocycles. The van der Waals surface area contributed by atoms with Crippen LogP contribution in [0.2, 0.25) is 51.4 Å². The quantitative estimate of drug-likeness (QED) is 0.229. The molecule has 0 saturated carbocycles. The first-order valence-electron chi connectivity index (χ1n) is 11.4. The molecule has 2 aromatic carbocycles. The van der Waals surface area contributed by atoms with Gasteiger partial charge in [0.15, 0.2) is 0 Å². The van der Waals surface area contributed by atoms with Gasteiger partial charge < -0.3 is 0 Å². The number of hydrogen-bond donors (Lipinski definition) is 0. The molecule has 0 fully saturated rings. The van der Waals surface area contributed by atoms with E-state index in [1.807, 2.05) is 0 Å². The first-order chi connectivity index (χ1) is 13.8. The van der Waals surface area contributed by atoms with Crippen LogP contribution in [0, 0.1) is 13.8 Å². The Kier molecular flexibility index (Phi) is 10.2. The van der Waals surface area contributed by atoms with Gasteiger partial charge in [-0.15, -0.1) is 0 Å². The van der Waals surface area contributed by atoms with E-state index in [9.17, 15) is 0 Å². The summed E-state index contributed by atoms with van der Waals surface area (Å²) in [6.07, 6.45) is 5.52. The zero-order valence-corrected chi connectivity index (χ0v) is 27.3. The summed E-state index contributed by atoms with van der Waals surface area (Å²) >= 11 is -1.65. The van der Waals surface area contributed by atoms with Crippen molar-refractivity contribution in [2.45, 2.75) is 90.9 Å². The van der Waals surface area contributed by atoms with Crippen LogP contribution >= 0.6 is 17.0 Å². The molecule has 6 heteroatoms. The average Bonchev–Trinajstić information content (AvgIpc) is 3.19. The van der Waals surface area contributed by atoms with E-state index in [4.69, 9.17) is 17.0 Å². The zero-order valence-electron chi connectivity index (χ0n) is 20.3. The molecular formula is C24H40Cl2Si3Zr-2. The predicted octanol–water partition coefficient (Wildman–Crippen LogP) is 7.31. The zero-order chi connectivity index (χ0) is 22.7. The van der Waals surface area contributed by atoms with Crippen LogP contribution in [0.1, 0.15) is 35.1 Å². The molecular weight excluding hydrogens is 535 g/mol. The number of fused-ring (bicyclic) bond motifs is 2. The molecule has 2 aromatic rings. The summed E-state index contributed by atoms with van der Waals surface area (Å²) in [6.45, 7) is 18.8. The third-order valence-corrected chi connectivity index (χ3v) is 33.4. The van der Waals surface area contributed by atoms with E-state index in [0.29, 0.717) is 0 Å². The van der Waals surface area contributed by atoms with Gasteiger partial charge in [-0.05, 0) is 0 Å². The second kappa shape index (κ2) is 11.3. The molecule has 0 nitrogen and oxygen atoms in total. The Morgan fingerprint density at radius 2 is 1.13 bits per heavy atom. The Morgan fingerprint density at radius 3 is 1.40 bits per heavy atom. The minimum absolute atomic E-state index is 0.224. The van der Waals surface area contributed by atoms with Crippen LogP contribution in [0.15, 0.2) is 24.3 Å². The minimum Gasteiger partial charge on any atom is -0.209 e. The predicted molar refractivity (Wildman–Crippen MR) is 143 cm³/mol. The van der Waals surface area contributed by atoms with E-state index in [0.717, 1.165) is 0 Å². The van der Waals surface area contributed by atoms with Crippen LogP contribution in [0.4, 0.5) is 0 Å². The van der Waals surface area contributed by atoms with Gasteiger partial charge in [0.05, 0.1) is 0 Å². The van der Waals surface area contributed by atoms with Crippen LogP contribution in [-0.2, 0) is 30.8 Å². The van der Waals surface area contributed by atoms with Crippen LogP contribution in [0.5, 0.6) is 0 Å². The van der Waals surface area contributed by atoms with Gasteiger partial charge in [-0.1, -0.05) is 77.8 Å². The molecule has 4 rings (SSSR count). The summed E-state index contributed by atoms with van der Waals surface area (Å²) in [5.74, 6) is 0. The van der Waals surface area contributed by atoms with E-state index in [1.54, 1.807) is 21.5 Å². The summed E-state index contributed by atoms with van der Waals surface area (Å²) in [5, 5.41) is 3.48. The number of aryl methyl sites for hydroxylation is 4. The van der Waals surface area contributed by atoms with E-state index >= 15 is 0 Å². The van der Waals surface area contributed by atoms with Gasteiger partial charge in [0, 0.05) is 16.1 Å². The fraction of sp³-hybridized carbons (Fsp3) is 0.583. The summed E-state index contributed by atoms with van der Waals surface area (Å²) < 4.78 is 0. The van der Waals surface area contributed by atoms with Crippen molar-refractivity contribution in [3.05, 3.63) is 46.5 Å². The Balaban J connectivity index is 0.000000171. The van der Waals surface area contributed by atoms with Gasteiger partial charge in [-0.3, -0.25) is 0 Å². The van der Waals surface area contributed by atoms with Gasteiger partial charge in [0.25, 0.3) is 0 Å². The van der Waals surface area contributed by atoms with Crippen LogP contribution in [0.25, 0.3) is 0 Å². The Bertz CT molecular complexity index is 810. The van der Waals surface area contributed by atoms with Crippen molar-refractivity contribution in [3.8, 4) is 0 Å². The van der Waals surface area contributed by atoms with Crippen molar-refractivity contribution in [1.82, 2.24) is 0 Å². The first-order valence-corrected chi connectivity index (χ1v) is 30.3. The maximum atomic E-state index is 5.62. The van der Waals surface area contributed by atoms with Crippen LogP contribution in [0.3, 0.4) is 0 Å². The average molecular weight is 575 g/mol. The SMILES string of the molecule is C[Si](C)=[Zr]([Cl])[Cl].Cc1cc2c([cH-]1)CCC[Si]2(C)C.Cc1cc2c([cH-]1)CCC[Si]2(C)C. The number of hydrogen-bond acceptors (Lipinski definition) is 0. The van der Waals surface area contributed by atoms with Crippen LogP contribution < -0.4 is 10.4 Å². The molecule has 2 aliphatic rings. The van der Waals surface area contributed by atoms with Gasteiger partial charge in [0.1, 0.15) is 0 Å². The molecule has 0 N–H and O–H groups in total. The van der Waals surface area contributed by atoms with E-state index in [1.165, 1.54) is 48.9 Å². The van der Waals surface area contributed by atoms with E-state index < -0.39 is 34.1 Å². The van der Waals surface area contributed by atoms with Gasteiger partial charge in [-0.25, -0.2) is 12.1 Å². The smallest absolute Gasteiger partial charge is 0.00743 e. The van der Waals surface area contributed by atoms with Crippen molar-refractivity contribution in [2.24, 2.45) is 0 Å². The molecule has 30 heavy (non-hydrogen) atoms. The minimum atomic E-state index is -1.65. The second-order valence-electron chi connectivity index (χ2n) is 10.7. The molecule has 168 valence electrons. The third-order valence-electron chi connectivity index (χ3n) is 6.57. The standard InChI is InChI=1S/2C11H17Si.C2H6Si.2ClH.Zr/c2*1-9-7-10-5-4-6-12(2,3)11(10)8-9;1-3-2;;;/h2*7-8H,4-6H2,1-3H3;1-2H3;2*1H;/q2*-1;;;;+2/p-2. The molecule has 0 aromatic heterocycles. The summed E-state index contributed by atoms with van der Waals surface area (Å²) in [6, 6.07) is 12.6. The van der Waals surface area contributed by atoms with Crippen molar-refractivity contribution < 1.29 is 18.0 Å². The van der Waals surface area contributed by atoms with Crippen molar-refractivity contribution in [2.75, 3.05) is 0 Å². The van der Waals surface area contributed by atoms with Crippen molar-refractivity contribution in [3.63, 3.8) is 0 Å². The summed E-state index contributed by atoms with van der Waals surface area (Å²) in [5.41, 5.74) is 6.05. The number of rotatable bonds is 0. The molecule has 0 bridgehead atoms. The van der Waals surface area contributed by atoms with Gasteiger partial charge in [-0.2, -0.15) is 44.8 Å². The van der Waals surface area contributed by atoms with Crippen LogP contribution in [-0.4, -0.2) is 21.6 Å². The normalized spacial score (nSPS) is 18.1. The largest absolute Gasteiger partial charge is 0.209 e. The molecule has 0 radical (unpaired) electrons. The Labute approximate surface area is 202 Å². The maximum Gasteiger partial charge on any atom is 0.00743 e. The summed E-state index contributed by atoms with van der Waals surface area (Å²) in [4.78, 5) is 0. The second-order valence-corrected chi connectivity index (χ2v) is 43.3. The monoisotopic (exact) mass is 572 g/mol. The fourth-order valence-corrected chi connectivity index (χ4v) is 10.8. The summed E-state index contributed by atoms with van der Waals surface area (Å²) in [7, 11) is 9.26. The van der Waals surface area contributed by atoms with Crippen molar-refractivity contribution >= 4 is 49.0 Å². The molecule has 2 aliphatic heterocycles. The van der Waals surface area contributed by atoms with Gasteiger partial charge in [0.2, 0.25) is 0 Å². The molecule has 2 heterocycles. The van der Waals surface area contributed by atoms with E-state index in [2.05, 4.69) is 77.4 Å². The Hall–Kier alpha value is 0.814. The van der Waals surface area contributed by atoms with Gasteiger partial charge >= 0.3 is 53.5 Å². The molecule has 0 saturated heterocycles. The third kappa shape index (κ3) is 7.42. The Morgan fingerprint density at radius 1 is 0.800 bits per heavy atom. The van der Waals surface area contributed by atoms with Crippen molar-refractivity contribution in [1.29, 1.82) is 0 Å². The van der Waals surface area contributed by atoms with E-state index in [-0.39, 0.29) is 5.43 Å². The molecule has 0 amide bonds. The first kappa shape index (κ1) is 27.1. The fourth-order valence-electron chi connectivity index (χ4n) is 4.81. The maximum absolute atomic E-state index is 5.62. The number of halogens is 2. The molecule has 0 unspecified atom stereocenters.